The van der Waals surface area contributed by atoms with Crippen molar-refractivity contribution < 1.29 is 8.42 Å². The van der Waals surface area contributed by atoms with Gasteiger partial charge in [0.1, 0.15) is 5.54 Å². The van der Waals surface area contributed by atoms with Gasteiger partial charge in [0, 0.05) is 13.1 Å². The van der Waals surface area contributed by atoms with E-state index < -0.39 is 15.4 Å². The first-order valence-corrected chi connectivity index (χ1v) is 11.3. The maximum absolute atomic E-state index is 11.9. The second-order valence-electron chi connectivity index (χ2n) is 7.10. The lowest BCUT2D eigenvalue weighted by Gasteiger charge is -2.42. The molecule has 4 rings (SSSR count). The molecule has 1 heterocycles. The SMILES string of the molecule is O=S1(=O)CCN(NC(c2ccccc2)(c2ccccc2)c2ccccc2)CC1. The van der Waals surface area contributed by atoms with Gasteiger partial charge >= 0.3 is 0 Å². The minimum atomic E-state index is -2.95. The lowest BCUT2D eigenvalue weighted by molar-refractivity contribution is 0.150. The van der Waals surface area contributed by atoms with Gasteiger partial charge in [0.2, 0.25) is 0 Å². The second kappa shape index (κ2) is 7.87. The maximum atomic E-state index is 11.9. The number of sulfone groups is 1. The number of nitrogens with zero attached hydrogens (tertiary/aromatic N) is 1. The van der Waals surface area contributed by atoms with E-state index in [1.54, 1.807) is 0 Å². The largest absolute Gasteiger partial charge is 0.241 e. The number of hydrogen-bond donors (Lipinski definition) is 1. The molecule has 1 N–H and O–H groups in total. The molecule has 0 bridgehead atoms. The van der Waals surface area contributed by atoms with E-state index in [1.807, 2.05) is 59.6 Å². The number of nitrogens with one attached hydrogen (secondary N) is 1. The van der Waals surface area contributed by atoms with Crippen LogP contribution in [0.1, 0.15) is 16.7 Å². The molecule has 3 aromatic carbocycles. The highest BCUT2D eigenvalue weighted by Gasteiger charge is 2.38. The van der Waals surface area contributed by atoms with Crippen molar-refractivity contribution in [3.8, 4) is 0 Å². The summed E-state index contributed by atoms with van der Waals surface area (Å²) in [7, 11) is -2.95. The number of hydrazine groups is 1. The first-order valence-electron chi connectivity index (χ1n) is 9.50. The van der Waals surface area contributed by atoms with Crippen molar-refractivity contribution >= 4 is 9.84 Å². The summed E-state index contributed by atoms with van der Waals surface area (Å²) in [6, 6.07) is 31.0. The van der Waals surface area contributed by atoms with Crippen LogP contribution in [0.4, 0.5) is 0 Å². The Morgan fingerprint density at radius 3 is 1.36 bits per heavy atom. The van der Waals surface area contributed by atoms with E-state index in [0.717, 1.165) is 16.7 Å². The second-order valence-corrected chi connectivity index (χ2v) is 9.40. The van der Waals surface area contributed by atoms with Crippen LogP contribution in [0.5, 0.6) is 0 Å². The summed E-state index contributed by atoms with van der Waals surface area (Å²) in [6.07, 6.45) is 0. The van der Waals surface area contributed by atoms with Gasteiger partial charge in [-0.3, -0.25) is 0 Å². The number of hydrogen-bond acceptors (Lipinski definition) is 4. The van der Waals surface area contributed by atoms with Crippen molar-refractivity contribution in [2.24, 2.45) is 0 Å². The molecule has 1 aliphatic heterocycles. The van der Waals surface area contributed by atoms with Crippen molar-refractivity contribution in [1.29, 1.82) is 0 Å². The van der Waals surface area contributed by atoms with Gasteiger partial charge in [0.05, 0.1) is 11.5 Å². The molecule has 1 fully saturated rings. The highest BCUT2D eigenvalue weighted by Crippen LogP contribution is 2.37. The van der Waals surface area contributed by atoms with Crippen molar-refractivity contribution in [2.75, 3.05) is 24.6 Å². The van der Waals surface area contributed by atoms with Crippen LogP contribution < -0.4 is 5.43 Å². The van der Waals surface area contributed by atoms with Gasteiger partial charge in [-0.05, 0) is 16.7 Å². The highest BCUT2D eigenvalue weighted by molar-refractivity contribution is 7.91. The van der Waals surface area contributed by atoms with Crippen molar-refractivity contribution in [1.82, 2.24) is 10.4 Å². The Bertz CT molecular complexity index is 896. The van der Waals surface area contributed by atoms with E-state index in [4.69, 9.17) is 0 Å². The fourth-order valence-corrected chi connectivity index (χ4v) is 5.02. The van der Waals surface area contributed by atoms with Crippen molar-refractivity contribution in [3.05, 3.63) is 108 Å². The molecule has 3 aromatic rings. The average Bonchev–Trinajstić information content (AvgIpc) is 2.75. The third-order valence-corrected chi connectivity index (χ3v) is 6.90. The van der Waals surface area contributed by atoms with Crippen LogP contribution in [-0.4, -0.2) is 38.0 Å². The Balaban J connectivity index is 1.86. The Morgan fingerprint density at radius 2 is 1.00 bits per heavy atom. The van der Waals surface area contributed by atoms with Crippen LogP contribution in [0, 0.1) is 0 Å². The van der Waals surface area contributed by atoms with E-state index in [9.17, 15) is 8.42 Å². The highest BCUT2D eigenvalue weighted by atomic mass is 32.2. The smallest absolute Gasteiger partial charge is 0.152 e. The number of rotatable bonds is 5. The summed E-state index contributed by atoms with van der Waals surface area (Å²) >= 11 is 0. The van der Waals surface area contributed by atoms with Crippen LogP contribution in [0.15, 0.2) is 91.0 Å². The van der Waals surface area contributed by atoms with Gasteiger partial charge in [0.15, 0.2) is 9.84 Å². The quantitative estimate of drug-likeness (QED) is 0.678. The summed E-state index contributed by atoms with van der Waals surface area (Å²) < 4.78 is 23.8. The van der Waals surface area contributed by atoms with Gasteiger partial charge in [-0.1, -0.05) is 91.0 Å². The molecule has 0 radical (unpaired) electrons. The summed E-state index contributed by atoms with van der Waals surface area (Å²) in [4.78, 5) is 0. The molecule has 1 saturated heterocycles. The maximum Gasteiger partial charge on any atom is 0.152 e. The molecule has 0 spiro atoms. The molecule has 0 aromatic heterocycles. The number of benzene rings is 3. The van der Waals surface area contributed by atoms with Crippen LogP contribution in [-0.2, 0) is 15.4 Å². The van der Waals surface area contributed by atoms with Gasteiger partial charge in [0.25, 0.3) is 0 Å². The van der Waals surface area contributed by atoms with E-state index >= 15 is 0 Å². The molecule has 0 unspecified atom stereocenters. The fourth-order valence-electron chi connectivity index (χ4n) is 3.82. The van der Waals surface area contributed by atoms with Gasteiger partial charge < -0.3 is 0 Å². The van der Waals surface area contributed by atoms with Gasteiger partial charge in [-0.2, -0.15) is 0 Å². The molecule has 0 aliphatic carbocycles. The standard InChI is InChI=1S/C23H24N2O2S/c26-28(27)18-16-25(17-19-28)24-23(20-10-4-1-5-11-20,21-12-6-2-7-13-21)22-14-8-3-9-15-22/h1-15,24H,16-19H2. The van der Waals surface area contributed by atoms with Crippen LogP contribution >= 0.6 is 0 Å². The molecule has 1 aliphatic rings. The predicted molar refractivity (Wildman–Crippen MR) is 113 cm³/mol. The molecule has 0 atom stereocenters. The molecular weight excluding hydrogens is 368 g/mol. The zero-order valence-corrected chi connectivity index (χ0v) is 16.5. The Morgan fingerprint density at radius 1 is 0.643 bits per heavy atom. The molecule has 0 saturated carbocycles. The van der Waals surface area contributed by atoms with Gasteiger partial charge in [-0.15, -0.1) is 0 Å². The summed E-state index contributed by atoms with van der Waals surface area (Å²) in [5.41, 5.74) is 6.45. The first-order chi connectivity index (χ1) is 13.6. The molecule has 144 valence electrons. The lowest BCUT2D eigenvalue weighted by atomic mass is 9.77. The molecule has 28 heavy (non-hydrogen) atoms. The molecule has 5 heteroatoms. The van der Waals surface area contributed by atoms with Crippen LogP contribution in [0.25, 0.3) is 0 Å². The van der Waals surface area contributed by atoms with Crippen LogP contribution in [0.2, 0.25) is 0 Å². The summed E-state index contributed by atoms with van der Waals surface area (Å²) in [5.74, 6) is 0.350. The fraction of sp³-hybridized carbons (Fsp3) is 0.217. The lowest BCUT2D eigenvalue weighted by Crippen LogP contribution is -2.57. The van der Waals surface area contributed by atoms with Gasteiger partial charge in [-0.25, -0.2) is 18.9 Å². The molecule has 4 nitrogen and oxygen atoms in total. The molecule has 0 amide bonds. The van der Waals surface area contributed by atoms with E-state index in [1.165, 1.54) is 0 Å². The van der Waals surface area contributed by atoms with E-state index in [2.05, 4.69) is 41.8 Å². The Kier molecular flexibility index (Phi) is 5.31. The van der Waals surface area contributed by atoms with Crippen molar-refractivity contribution in [2.45, 2.75) is 5.54 Å². The monoisotopic (exact) mass is 392 g/mol. The topological polar surface area (TPSA) is 49.4 Å². The zero-order chi connectivity index (χ0) is 19.5. The van der Waals surface area contributed by atoms with E-state index in [-0.39, 0.29) is 11.5 Å². The van der Waals surface area contributed by atoms with Crippen molar-refractivity contribution in [3.63, 3.8) is 0 Å². The third-order valence-electron chi connectivity index (χ3n) is 5.29. The minimum Gasteiger partial charge on any atom is -0.241 e. The summed E-state index contributed by atoms with van der Waals surface area (Å²) in [5, 5.41) is 2.05. The zero-order valence-electron chi connectivity index (χ0n) is 15.7. The van der Waals surface area contributed by atoms with E-state index in [0.29, 0.717) is 13.1 Å². The minimum absolute atomic E-state index is 0.175. The van der Waals surface area contributed by atoms with Crippen LogP contribution in [0.3, 0.4) is 0 Å². The summed E-state index contributed by atoms with van der Waals surface area (Å²) in [6.45, 7) is 0.938. The predicted octanol–water partition coefficient (Wildman–Crippen LogP) is 3.21. The Labute approximate surface area is 166 Å². The normalized spacial score (nSPS) is 17.3. The average molecular weight is 393 g/mol. The molecular formula is C23H24N2O2S. The first kappa shape index (κ1) is 18.9. The Hall–Kier alpha value is -2.47. The third kappa shape index (κ3) is 3.74.